The maximum absolute atomic E-state index is 11.0. The van der Waals surface area contributed by atoms with E-state index >= 15 is 0 Å². The molecule has 102 valence electrons. The van der Waals surface area contributed by atoms with Gasteiger partial charge in [-0.05, 0) is 24.6 Å². The van der Waals surface area contributed by atoms with Crippen molar-refractivity contribution in [1.29, 1.82) is 0 Å². The van der Waals surface area contributed by atoms with E-state index in [9.17, 15) is 4.79 Å². The molecule has 0 fully saturated rings. The standard InChI is InChI=1S/C14H14N4O2/c19-14(20)11-2-3-12-13(8-11)18(10-16-12)6-1-5-17-7-4-15-9-17/h2-4,7-10H,1,5-6H2,(H,19,20). The molecule has 3 rings (SSSR count). The van der Waals surface area contributed by atoms with Gasteiger partial charge in [0.1, 0.15) is 0 Å². The predicted octanol–water partition coefficient (Wildman–Crippen LogP) is 2.02. The number of benzene rings is 1. The number of rotatable bonds is 5. The maximum atomic E-state index is 11.0. The molecular weight excluding hydrogens is 256 g/mol. The van der Waals surface area contributed by atoms with E-state index in [4.69, 9.17) is 5.11 Å². The molecule has 0 aliphatic carbocycles. The molecule has 3 aromatic rings. The van der Waals surface area contributed by atoms with Gasteiger partial charge in [-0.25, -0.2) is 14.8 Å². The molecule has 0 saturated carbocycles. The Morgan fingerprint density at radius 3 is 2.90 bits per heavy atom. The number of imidazole rings is 2. The van der Waals surface area contributed by atoms with Crippen molar-refractivity contribution < 1.29 is 9.90 Å². The van der Waals surface area contributed by atoms with Gasteiger partial charge >= 0.3 is 5.97 Å². The smallest absolute Gasteiger partial charge is 0.335 e. The molecule has 6 nitrogen and oxygen atoms in total. The molecule has 0 bridgehead atoms. The van der Waals surface area contributed by atoms with E-state index in [0.717, 1.165) is 30.5 Å². The Hall–Kier alpha value is -2.63. The van der Waals surface area contributed by atoms with Crippen molar-refractivity contribution in [3.05, 3.63) is 48.8 Å². The lowest BCUT2D eigenvalue weighted by atomic mass is 10.2. The molecule has 0 radical (unpaired) electrons. The van der Waals surface area contributed by atoms with Crippen LogP contribution in [0.3, 0.4) is 0 Å². The largest absolute Gasteiger partial charge is 0.478 e. The molecular formula is C14H14N4O2. The summed E-state index contributed by atoms with van der Waals surface area (Å²) in [6.07, 6.45) is 8.15. The van der Waals surface area contributed by atoms with Gasteiger partial charge in [0, 0.05) is 25.5 Å². The molecule has 2 heterocycles. The van der Waals surface area contributed by atoms with E-state index in [1.165, 1.54) is 0 Å². The van der Waals surface area contributed by atoms with Gasteiger partial charge in [0.05, 0.1) is 29.3 Å². The first-order chi connectivity index (χ1) is 9.74. The van der Waals surface area contributed by atoms with Crippen LogP contribution in [-0.2, 0) is 13.1 Å². The number of hydrogen-bond acceptors (Lipinski definition) is 3. The second-order valence-corrected chi connectivity index (χ2v) is 4.60. The Balaban J connectivity index is 1.77. The number of carbonyl (C=O) groups is 1. The second-order valence-electron chi connectivity index (χ2n) is 4.60. The Labute approximate surface area is 115 Å². The highest BCUT2D eigenvalue weighted by atomic mass is 16.4. The molecule has 6 heteroatoms. The average Bonchev–Trinajstić information content (AvgIpc) is 3.08. The number of nitrogens with zero attached hydrogens (tertiary/aromatic N) is 4. The van der Waals surface area contributed by atoms with Crippen LogP contribution in [-0.4, -0.2) is 30.2 Å². The number of aromatic carboxylic acids is 1. The van der Waals surface area contributed by atoms with Crippen molar-refractivity contribution in [1.82, 2.24) is 19.1 Å². The number of aryl methyl sites for hydroxylation is 2. The fourth-order valence-corrected chi connectivity index (χ4v) is 2.21. The Bertz CT molecular complexity index is 731. The number of aromatic nitrogens is 4. The monoisotopic (exact) mass is 270 g/mol. The van der Waals surface area contributed by atoms with Crippen LogP contribution >= 0.6 is 0 Å². The fraction of sp³-hybridized carbons (Fsp3) is 0.214. The molecule has 20 heavy (non-hydrogen) atoms. The first-order valence-electron chi connectivity index (χ1n) is 6.38. The molecule has 0 spiro atoms. The van der Waals surface area contributed by atoms with Gasteiger partial charge in [0.2, 0.25) is 0 Å². The van der Waals surface area contributed by atoms with Crippen LogP contribution in [0.4, 0.5) is 0 Å². The molecule has 2 aromatic heterocycles. The molecule has 0 aliphatic rings. The van der Waals surface area contributed by atoms with Gasteiger partial charge < -0.3 is 14.2 Å². The third kappa shape index (κ3) is 2.40. The van der Waals surface area contributed by atoms with Crippen molar-refractivity contribution in [3.8, 4) is 0 Å². The first-order valence-corrected chi connectivity index (χ1v) is 6.38. The lowest BCUT2D eigenvalue weighted by Crippen LogP contribution is -2.02. The summed E-state index contributed by atoms with van der Waals surface area (Å²) in [5.41, 5.74) is 1.96. The van der Waals surface area contributed by atoms with E-state index in [-0.39, 0.29) is 5.56 Å². The van der Waals surface area contributed by atoms with Crippen molar-refractivity contribution in [2.45, 2.75) is 19.5 Å². The van der Waals surface area contributed by atoms with Crippen LogP contribution in [0.2, 0.25) is 0 Å². The first kappa shape index (κ1) is 12.4. The highest BCUT2D eigenvalue weighted by Crippen LogP contribution is 2.15. The number of carboxylic acid groups (broad SMARTS) is 1. The van der Waals surface area contributed by atoms with Crippen molar-refractivity contribution in [2.24, 2.45) is 0 Å². The van der Waals surface area contributed by atoms with Crippen LogP contribution < -0.4 is 0 Å². The van der Waals surface area contributed by atoms with E-state index in [1.54, 1.807) is 37.1 Å². The minimum Gasteiger partial charge on any atom is -0.478 e. The number of fused-ring (bicyclic) bond motifs is 1. The second kappa shape index (κ2) is 5.16. The zero-order valence-corrected chi connectivity index (χ0v) is 10.8. The molecule has 1 aromatic carbocycles. The van der Waals surface area contributed by atoms with Gasteiger partial charge in [0.15, 0.2) is 0 Å². The molecule has 1 N–H and O–H groups in total. The van der Waals surface area contributed by atoms with Crippen LogP contribution in [0.5, 0.6) is 0 Å². The Morgan fingerprint density at radius 2 is 2.15 bits per heavy atom. The third-order valence-corrected chi connectivity index (χ3v) is 3.24. The SMILES string of the molecule is O=C(O)c1ccc2ncn(CCCn3ccnc3)c2c1. The zero-order chi connectivity index (χ0) is 13.9. The Morgan fingerprint density at radius 1 is 1.25 bits per heavy atom. The van der Waals surface area contributed by atoms with E-state index in [0.29, 0.717) is 0 Å². The minimum atomic E-state index is -0.918. The third-order valence-electron chi connectivity index (χ3n) is 3.24. The molecule has 0 amide bonds. The van der Waals surface area contributed by atoms with Gasteiger partial charge in [-0.3, -0.25) is 0 Å². The van der Waals surface area contributed by atoms with E-state index in [1.807, 2.05) is 15.3 Å². The van der Waals surface area contributed by atoms with Crippen LogP contribution in [0.25, 0.3) is 11.0 Å². The zero-order valence-electron chi connectivity index (χ0n) is 10.8. The summed E-state index contributed by atoms with van der Waals surface area (Å²) >= 11 is 0. The van der Waals surface area contributed by atoms with Crippen molar-refractivity contribution >= 4 is 17.0 Å². The summed E-state index contributed by atoms with van der Waals surface area (Å²) in [5.74, 6) is -0.918. The maximum Gasteiger partial charge on any atom is 0.335 e. The van der Waals surface area contributed by atoms with Gasteiger partial charge in [-0.15, -0.1) is 0 Å². The lowest BCUT2D eigenvalue weighted by molar-refractivity contribution is 0.0697. The highest BCUT2D eigenvalue weighted by molar-refractivity contribution is 5.92. The summed E-state index contributed by atoms with van der Waals surface area (Å²) in [4.78, 5) is 19.3. The van der Waals surface area contributed by atoms with Crippen molar-refractivity contribution in [2.75, 3.05) is 0 Å². The topological polar surface area (TPSA) is 72.9 Å². The van der Waals surface area contributed by atoms with Crippen LogP contribution in [0.15, 0.2) is 43.2 Å². The Kier molecular flexibility index (Phi) is 3.20. The summed E-state index contributed by atoms with van der Waals surface area (Å²) in [5, 5.41) is 9.03. The normalized spacial score (nSPS) is 11.0. The number of hydrogen-bond donors (Lipinski definition) is 1. The highest BCUT2D eigenvalue weighted by Gasteiger charge is 2.07. The number of carboxylic acids is 1. The van der Waals surface area contributed by atoms with Crippen molar-refractivity contribution in [3.63, 3.8) is 0 Å². The minimum absolute atomic E-state index is 0.286. The summed E-state index contributed by atoms with van der Waals surface area (Å²) in [6, 6.07) is 4.99. The molecule has 0 saturated heterocycles. The average molecular weight is 270 g/mol. The van der Waals surface area contributed by atoms with Gasteiger partial charge in [0.25, 0.3) is 0 Å². The van der Waals surface area contributed by atoms with Gasteiger partial charge in [-0.1, -0.05) is 0 Å². The van der Waals surface area contributed by atoms with E-state index < -0.39 is 5.97 Å². The van der Waals surface area contributed by atoms with Gasteiger partial charge in [-0.2, -0.15) is 0 Å². The predicted molar refractivity (Wildman–Crippen MR) is 73.5 cm³/mol. The molecule has 0 unspecified atom stereocenters. The van der Waals surface area contributed by atoms with Crippen LogP contribution in [0.1, 0.15) is 16.8 Å². The summed E-state index contributed by atoms with van der Waals surface area (Å²) in [7, 11) is 0. The molecule has 0 aliphatic heterocycles. The quantitative estimate of drug-likeness (QED) is 0.769. The summed E-state index contributed by atoms with van der Waals surface area (Å²) in [6.45, 7) is 1.66. The lowest BCUT2D eigenvalue weighted by Gasteiger charge is -2.05. The molecule has 0 atom stereocenters. The fourth-order valence-electron chi connectivity index (χ4n) is 2.21. The summed E-state index contributed by atoms with van der Waals surface area (Å²) < 4.78 is 4.00. The van der Waals surface area contributed by atoms with Crippen LogP contribution in [0, 0.1) is 0 Å². The van der Waals surface area contributed by atoms with E-state index in [2.05, 4.69) is 9.97 Å².